The predicted octanol–water partition coefficient (Wildman–Crippen LogP) is 2.26. The summed E-state index contributed by atoms with van der Waals surface area (Å²) >= 11 is 0. The fraction of sp³-hybridized carbons (Fsp3) is 0.250. The molecule has 3 aromatic rings. The Morgan fingerprint density at radius 2 is 2.04 bits per heavy atom. The van der Waals surface area contributed by atoms with Crippen LogP contribution in [-0.4, -0.2) is 32.9 Å². The Morgan fingerprint density at radius 1 is 1.26 bits per heavy atom. The normalized spacial score (nSPS) is 11.8. The van der Waals surface area contributed by atoms with Crippen LogP contribution in [0.4, 0.5) is 0 Å². The Hall–Kier alpha value is -3.19. The van der Waals surface area contributed by atoms with Crippen LogP contribution in [0.15, 0.2) is 54.9 Å². The third-order valence-corrected chi connectivity index (χ3v) is 4.14. The van der Waals surface area contributed by atoms with Crippen LogP contribution in [0.3, 0.4) is 0 Å². The number of nitrogens with one attached hydrogen (secondary N) is 1. The topological polar surface area (TPSA) is 89.3 Å². The maximum atomic E-state index is 12.2. The molecule has 1 atom stereocenters. The lowest BCUT2D eigenvalue weighted by Gasteiger charge is -2.11. The third-order valence-electron chi connectivity index (χ3n) is 4.14. The molecule has 1 unspecified atom stereocenters. The minimum Gasteiger partial charge on any atom is -0.497 e. The van der Waals surface area contributed by atoms with Gasteiger partial charge in [-0.25, -0.2) is 9.67 Å². The van der Waals surface area contributed by atoms with Gasteiger partial charge in [-0.3, -0.25) is 4.79 Å². The summed E-state index contributed by atoms with van der Waals surface area (Å²) < 4.78 is 6.56. The molecule has 3 rings (SSSR count). The molecule has 0 saturated carbocycles. The number of aliphatic hydroxyl groups excluding tert-OH is 1. The Balaban J connectivity index is 1.57. The molecule has 0 aliphatic heterocycles. The summed E-state index contributed by atoms with van der Waals surface area (Å²) in [6.07, 6.45) is 0.676. The lowest BCUT2D eigenvalue weighted by Crippen LogP contribution is -2.24. The molecule has 1 heterocycles. The van der Waals surface area contributed by atoms with Crippen LogP contribution in [0.25, 0.3) is 0 Å². The van der Waals surface area contributed by atoms with E-state index in [0.29, 0.717) is 6.54 Å². The predicted molar refractivity (Wildman–Crippen MR) is 100 cm³/mol. The van der Waals surface area contributed by atoms with E-state index in [9.17, 15) is 9.90 Å². The van der Waals surface area contributed by atoms with Gasteiger partial charge < -0.3 is 15.2 Å². The van der Waals surface area contributed by atoms with E-state index in [1.807, 2.05) is 31.2 Å². The second-order valence-electron chi connectivity index (χ2n) is 6.25. The first-order chi connectivity index (χ1) is 13.0. The van der Waals surface area contributed by atoms with Crippen molar-refractivity contribution in [2.24, 2.45) is 0 Å². The van der Waals surface area contributed by atoms with Crippen molar-refractivity contribution >= 4 is 5.91 Å². The number of aromatic nitrogens is 3. The van der Waals surface area contributed by atoms with E-state index < -0.39 is 6.10 Å². The maximum Gasteiger partial charge on any atom is 0.291 e. The average molecular weight is 366 g/mol. The Labute approximate surface area is 157 Å². The highest BCUT2D eigenvalue weighted by molar-refractivity contribution is 5.90. The van der Waals surface area contributed by atoms with Crippen LogP contribution in [0.1, 0.15) is 33.4 Å². The SMILES string of the molecule is COc1ccc(C(O)Cn2cnc(C(=O)NCc3cccc(C)c3)n2)cc1. The van der Waals surface area contributed by atoms with Crippen molar-refractivity contribution in [1.82, 2.24) is 20.1 Å². The zero-order chi connectivity index (χ0) is 19.2. The van der Waals surface area contributed by atoms with E-state index in [1.54, 1.807) is 31.4 Å². The number of amides is 1. The minimum atomic E-state index is -0.763. The number of hydrogen-bond donors (Lipinski definition) is 2. The molecule has 27 heavy (non-hydrogen) atoms. The van der Waals surface area contributed by atoms with Crippen molar-refractivity contribution in [3.05, 3.63) is 77.4 Å². The highest BCUT2D eigenvalue weighted by Crippen LogP contribution is 2.18. The molecule has 140 valence electrons. The quantitative estimate of drug-likeness (QED) is 0.669. The zero-order valence-corrected chi connectivity index (χ0v) is 15.3. The first kappa shape index (κ1) is 18.6. The smallest absolute Gasteiger partial charge is 0.291 e. The fourth-order valence-electron chi connectivity index (χ4n) is 2.68. The van der Waals surface area contributed by atoms with Crippen LogP contribution in [0.2, 0.25) is 0 Å². The summed E-state index contributed by atoms with van der Waals surface area (Å²) in [6.45, 7) is 2.61. The number of rotatable bonds is 7. The summed E-state index contributed by atoms with van der Waals surface area (Å²) in [6, 6.07) is 15.1. The van der Waals surface area contributed by atoms with Crippen molar-refractivity contribution < 1.29 is 14.6 Å². The van der Waals surface area contributed by atoms with Crippen molar-refractivity contribution in [3.63, 3.8) is 0 Å². The van der Waals surface area contributed by atoms with Crippen molar-refractivity contribution in [3.8, 4) is 5.75 Å². The molecule has 1 amide bonds. The minimum absolute atomic E-state index is 0.0737. The molecule has 0 spiro atoms. The molecule has 1 aromatic heterocycles. The molecule has 0 bridgehead atoms. The molecule has 2 N–H and O–H groups in total. The van der Waals surface area contributed by atoms with Gasteiger partial charge in [0.15, 0.2) is 0 Å². The highest BCUT2D eigenvalue weighted by Gasteiger charge is 2.14. The van der Waals surface area contributed by atoms with Crippen LogP contribution in [-0.2, 0) is 13.1 Å². The summed E-state index contributed by atoms with van der Waals surface area (Å²) in [4.78, 5) is 16.2. The van der Waals surface area contributed by atoms with Gasteiger partial charge in [0.1, 0.15) is 12.1 Å². The van der Waals surface area contributed by atoms with Gasteiger partial charge in [0.25, 0.3) is 5.91 Å². The number of benzene rings is 2. The number of aryl methyl sites for hydroxylation is 1. The molecule has 0 aliphatic carbocycles. The number of aliphatic hydroxyl groups is 1. The van der Waals surface area contributed by atoms with Crippen molar-refractivity contribution in [1.29, 1.82) is 0 Å². The van der Waals surface area contributed by atoms with Gasteiger partial charge in [0.2, 0.25) is 5.82 Å². The monoisotopic (exact) mass is 366 g/mol. The van der Waals surface area contributed by atoms with E-state index in [-0.39, 0.29) is 18.3 Å². The second-order valence-corrected chi connectivity index (χ2v) is 6.25. The third kappa shape index (κ3) is 4.92. The van der Waals surface area contributed by atoms with Crippen LogP contribution in [0, 0.1) is 6.92 Å². The molecular weight excluding hydrogens is 344 g/mol. The van der Waals surface area contributed by atoms with Gasteiger partial charge in [0, 0.05) is 6.54 Å². The highest BCUT2D eigenvalue weighted by atomic mass is 16.5. The second kappa shape index (κ2) is 8.46. The number of methoxy groups -OCH3 is 1. The van der Waals surface area contributed by atoms with Gasteiger partial charge in [-0.15, -0.1) is 5.10 Å². The molecule has 0 aliphatic rings. The number of carbonyl (C=O) groups excluding carboxylic acids is 1. The number of carbonyl (C=O) groups is 1. The largest absolute Gasteiger partial charge is 0.497 e. The van der Waals surface area contributed by atoms with Crippen molar-refractivity contribution in [2.75, 3.05) is 7.11 Å². The van der Waals surface area contributed by atoms with Crippen molar-refractivity contribution in [2.45, 2.75) is 26.1 Å². The standard InChI is InChI=1S/C20H22N4O3/c1-14-4-3-5-15(10-14)11-21-20(26)19-22-13-24(23-19)12-18(25)16-6-8-17(27-2)9-7-16/h3-10,13,18,25H,11-12H2,1-2H3,(H,21,26). The molecule has 2 aromatic carbocycles. The number of nitrogens with zero attached hydrogens (tertiary/aromatic N) is 3. The molecule has 7 nitrogen and oxygen atoms in total. The van der Waals surface area contributed by atoms with Gasteiger partial charge in [-0.2, -0.15) is 0 Å². The van der Waals surface area contributed by atoms with Gasteiger partial charge in [0.05, 0.1) is 19.8 Å². The number of hydrogen-bond acceptors (Lipinski definition) is 5. The van der Waals surface area contributed by atoms with Gasteiger partial charge >= 0.3 is 0 Å². The average Bonchev–Trinajstić information content (AvgIpc) is 3.15. The Morgan fingerprint density at radius 3 is 2.74 bits per heavy atom. The van der Waals surface area contributed by atoms with Gasteiger partial charge in [-0.1, -0.05) is 42.0 Å². The summed E-state index contributed by atoms with van der Waals surface area (Å²) in [5, 5.41) is 17.3. The first-order valence-corrected chi connectivity index (χ1v) is 8.60. The molecule has 0 fully saturated rings. The lowest BCUT2D eigenvalue weighted by atomic mass is 10.1. The van der Waals surface area contributed by atoms with E-state index in [1.165, 1.54) is 11.0 Å². The molecule has 7 heteroatoms. The van der Waals surface area contributed by atoms with E-state index in [0.717, 1.165) is 22.4 Å². The van der Waals surface area contributed by atoms with Crippen LogP contribution < -0.4 is 10.1 Å². The maximum absolute atomic E-state index is 12.2. The summed E-state index contributed by atoms with van der Waals surface area (Å²) in [7, 11) is 1.59. The van der Waals surface area contributed by atoms with E-state index in [4.69, 9.17) is 4.74 Å². The van der Waals surface area contributed by atoms with E-state index in [2.05, 4.69) is 15.4 Å². The number of ether oxygens (including phenoxy) is 1. The fourth-order valence-corrected chi connectivity index (χ4v) is 2.68. The van der Waals surface area contributed by atoms with Gasteiger partial charge in [-0.05, 0) is 30.2 Å². The van der Waals surface area contributed by atoms with E-state index >= 15 is 0 Å². The molecule has 0 radical (unpaired) electrons. The zero-order valence-electron chi connectivity index (χ0n) is 15.3. The van der Waals surface area contributed by atoms with Crippen LogP contribution in [0.5, 0.6) is 5.75 Å². The molecule has 0 saturated heterocycles. The molecular formula is C20H22N4O3. The van der Waals surface area contributed by atoms with Crippen LogP contribution >= 0.6 is 0 Å². The summed E-state index contributed by atoms with van der Waals surface area (Å²) in [5.74, 6) is 0.443. The summed E-state index contributed by atoms with van der Waals surface area (Å²) in [5.41, 5.74) is 2.88. The Kier molecular flexibility index (Phi) is 5.83. The lowest BCUT2D eigenvalue weighted by molar-refractivity contribution is 0.0938. The Bertz CT molecular complexity index is 906. The first-order valence-electron chi connectivity index (χ1n) is 8.60.